The number of nitrogens with one attached hydrogen (secondary N) is 1. The molecule has 0 bridgehead atoms. The molecular weight excluding hydrogens is 232 g/mol. The van der Waals surface area contributed by atoms with Gasteiger partial charge in [-0.1, -0.05) is 41.9 Å². The molecule has 1 aromatic heterocycles. The summed E-state index contributed by atoms with van der Waals surface area (Å²) < 4.78 is 0. The van der Waals surface area contributed by atoms with Gasteiger partial charge in [-0.25, -0.2) is 4.98 Å². The molecular formula is C14H15ClN2. The van der Waals surface area contributed by atoms with Gasteiger partial charge in [-0.05, 0) is 31.0 Å². The Morgan fingerprint density at radius 1 is 1.18 bits per heavy atom. The predicted molar refractivity (Wildman–Crippen MR) is 72.5 cm³/mol. The van der Waals surface area contributed by atoms with E-state index in [-0.39, 0.29) is 6.04 Å². The van der Waals surface area contributed by atoms with E-state index in [9.17, 15) is 0 Å². The molecule has 2 rings (SSSR count). The Kier molecular flexibility index (Phi) is 3.64. The number of aryl methyl sites for hydroxylation is 1. The first-order valence-electron chi connectivity index (χ1n) is 5.61. The van der Waals surface area contributed by atoms with Gasteiger partial charge in [0.15, 0.2) is 5.15 Å². The molecule has 1 N–H and O–H groups in total. The minimum atomic E-state index is 0.205. The van der Waals surface area contributed by atoms with E-state index in [1.807, 2.05) is 31.2 Å². The van der Waals surface area contributed by atoms with Crippen LogP contribution in [0.1, 0.15) is 24.1 Å². The lowest BCUT2D eigenvalue weighted by Crippen LogP contribution is -2.08. The third-order valence-corrected chi connectivity index (χ3v) is 3.06. The smallest absolute Gasteiger partial charge is 0.152 e. The second kappa shape index (κ2) is 5.19. The van der Waals surface area contributed by atoms with Gasteiger partial charge in [0.05, 0.1) is 5.69 Å². The lowest BCUT2D eigenvalue weighted by Gasteiger charge is -2.17. The maximum Gasteiger partial charge on any atom is 0.152 e. The minimum Gasteiger partial charge on any atom is -0.376 e. The maximum atomic E-state index is 6.09. The van der Waals surface area contributed by atoms with E-state index in [1.54, 1.807) is 6.20 Å². The second-order valence-electron chi connectivity index (χ2n) is 4.07. The van der Waals surface area contributed by atoms with Gasteiger partial charge in [0.1, 0.15) is 0 Å². The van der Waals surface area contributed by atoms with Crippen molar-refractivity contribution in [3.8, 4) is 0 Å². The van der Waals surface area contributed by atoms with Crippen LogP contribution in [0.4, 0.5) is 5.69 Å². The number of hydrogen-bond acceptors (Lipinski definition) is 2. The highest BCUT2D eigenvalue weighted by Gasteiger charge is 2.09. The van der Waals surface area contributed by atoms with Crippen LogP contribution in [0.3, 0.4) is 0 Å². The number of hydrogen-bond donors (Lipinski definition) is 1. The Labute approximate surface area is 107 Å². The molecule has 0 amide bonds. The standard InChI is InChI=1S/C14H15ClN2/c1-10-8-9-16-14(15)13(10)17-11(2)12-6-4-3-5-7-12/h3-9,11,17H,1-2H3. The van der Waals surface area contributed by atoms with Crippen LogP contribution in [-0.4, -0.2) is 4.98 Å². The number of nitrogens with zero attached hydrogens (tertiary/aromatic N) is 1. The van der Waals surface area contributed by atoms with Crippen molar-refractivity contribution < 1.29 is 0 Å². The van der Waals surface area contributed by atoms with Crippen molar-refractivity contribution in [2.75, 3.05) is 5.32 Å². The summed E-state index contributed by atoms with van der Waals surface area (Å²) in [7, 11) is 0. The molecule has 1 unspecified atom stereocenters. The zero-order chi connectivity index (χ0) is 12.3. The van der Waals surface area contributed by atoms with E-state index in [0.717, 1.165) is 11.3 Å². The van der Waals surface area contributed by atoms with E-state index in [2.05, 4.69) is 29.4 Å². The number of aromatic nitrogens is 1. The zero-order valence-electron chi connectivity index (χ0n) is 9.94. The van der Waals surface area contributed by atoms with E-state index in [1.165, 1.54) is 5.56 Å². The molecule has 0 spiro atoms. The lowest BCUT2D eigenvalue weighted by molar-refractivity contribution is 0.880. The van der Waals surface area contributed by atoms with Crippen LogP contribution in [0.25, 0.3) is 0 Å². The lowest BCUT2D eigenvalue weighted by atomic mass is 10.1. The molecule has 0 saturated heterocycles. The Morgan fingerprint density at radius 3 is 2.53 bits per heavy atom. The van der Waals surface area contributed by atoms with E-state index in [4.69, 9.17) is 11.6 Å². The maximum absolute atomic E-state index is 6.09. The monoisotopic (exact) mass is 246 g/mol. The second-order valence-corrected chi connectivity index (χ2v) is 4.43. The largest absolute Gasteiger partial charge is 0.376 e. The molecule has 88 valence electrons. The molecule has 0 aliphatic rings. The summed E-state index contributed by atoms with van der Waals surface area (Å²) in [5.41, 5.74) is 3.24. The molecule has 1 aromatic carbocycles. The molecule has 2 nitrogen and oxygen atoms in total. The summed E-state index contributed by atoms with van der Waals surface area (Å²) in [6, 6.07) is 12.4. The first kappa shape index (κ1) is 11.9. The van der Waals surface area contributed by atoms with Crippen molar-refractivity contribution in [3.05, 3.63) is 58.9 Å². The fourth-order valence-corrected chi connectivity index (χ4v) is 2.00. The normalized spacial score (nSPS) is 12.2. The number of pyridine rings is 1. The number of halogens is 1. The van der Waals surface area contributed by atoms with Crippen LogP contribution in [-0.2, 0) is 0 Å². The third kappa shape index (κ3) is 2.77. The van der Waals surface area contributed by atoms with Gasteiger partial charge in [0.25, 0.3) is 0 Å². The Hall–Kier alpha value is -1.54. The first-order valence-corrected chi connectivity index (χ1v) is 5.99. The summed E-state index contributed by atoms with van der Waals surface area (Å²) in [4.78, 5) is 4.09. The minimum absolute atomic E-state index is 0.205. The van der Waals surface area contributed by atoms with E-state index in [0.29, 0.717) is 5.15 Å². The van der Waals surface area contributed by atoms with Gasteiger partial charge in [0.2, 0.25) is 0 Å². The number of benzene rings is 1. The molecule has 2 aromatic rings. The summed E-state index contributed by atoms with van der Waals surface area (Å²) in [6.07, 6.45) is 1.72. The summed E-state index contributed by atoms with van der Waals surface area (Å²) in [5, 5.41) is 3.92. The molecule has 0 fully saturated rings. The van der Waals surface area contributed by atoms with Crippen LogP contribution in [0.2, 0.25) is 5.15 Å². The van der Waals surface area contributed by atoms with E-state index >= 15 is 0 Å². The molecule has 1 heterocycles. The van der Waals surface area contributed by atoms with Crippen molar-refractivity contribution >= 4 is 17.3 Å². The summed E-state index contributed by atoms with van der Waals surface area (Å²) >= 11 is 6.09. The fourth-order valence-electron chi connectivity index (χ4n) is 1.74. The van der Waals surface area contributed by atoms with Gasteiger partial charge in [-0.15, -0.1) is 0 Å². The zero-order valence-corrected chi connectivity index (χ0v) is 10.7. The highest BCUT2D eigenvalue weighted by Crippen LogP contribution is 2.27. The average Bonchev–Trinajstić information content (AvgIpc) is 2.35. The highest BCUT2D eigenvalue weighted by atomic mass is 35.5. The number of rotatable bonds is 3. The van der Waals surface area contributed by atoms with Crippen LogP contribution in [0.15, 0.2) is 42.6 Å². The summed E-state index contributed by atoms with van der Waals surface area (Å²) in [5.74, 6) is 0. The van der Waals surface area contributed by atoms with Gasteiger partial charge in [0, 0.05) is 12.2 Å². The topological polar surface area (TPSA) is 24.9 Å². The van der Waals surface area contributed by atoms with Gasteiger partial charge < -0.3 is 5.32 Å². The van der Waals surface area contributed by atoms with Gasteiger partial charge in [-0.2, -0.15) is 0 Å². The summed E-state index contributed by atoms with van der Waals surface area (Å²) in [6.45, 7) is 4.13. The third-order valence-electron chi connectivity index (χ3n) is 2.77. The molecule has 17 heavy (non-hydrogen) atoms. The van der Waals surface area contributed by atoms with Crippen molar-refractivity contribution in [2.45, 2.75) is 19.9 Å². The highest BCUT2D eigenvalue weighted by molar-refractivity contribution is 6.32. The molecule has 0 aliphatic heterocycles. The van der Waals surface area contributed by atoms with Crippen molar-refractivity contribution in [3.63, 3.8) is 0 Å². The molecule has 0 radical (unpaired) electrons. The Bertz CT molecular complexity index is 477. The molecule has 1 atom stereocenters. The van der Waals surface area contributed by atoms with Crippen molar-refractivity contribution in [1.82, 2.24) is 4.98 Å². The quantitative estimate of drug-likeness (QED) is 0.821. The molecule has 3 heteroatoms. The Morgan fingerprint density at radius 2 is 1.88 bits per heavy atom. The van der Waals surface area contributed by atoms with Crippen LogP contribution < -0.4 is 5.32 Å². The van der Waals surface area contributed by atoms with E-state index < -0.39 is 0 Å². The fraction of sp³-hybridized carbons (Fsp3) is 0.214. The van der Waals surface area contributed by atoms with Gasteiger partial charge >= 0.3 is 0 Å². The van der Waals surface area contributed by atoms with Crippen molar-refractivity contribution in [1.29, 1.82) is 0 Å². The molecule has 0 aliphatic carbocycles. The molecule has 0 saturated carbocycles. The van der Waals surface area contributed by atoms with Gasteiger partial charge in [-0.3, -0.25) is 0 Å². The predicted octanol–water partition coefficient (Wildman–Crippen LogP) is 4.22. The van der Waals surface area contributed by atoms with Crippen molar-refractivity contribution in [2.24, 2.45) is 0 Å². The average molecular weight is 247 g/mol. The van der Waals surface area contributed by atoms with Crippen LogP contribution >= 0.6 is 11.6 Å². The Balaban J connectivity index is 2.22. The number of anilines is 1. The SMILES string of the molecule is Cc1ccnc(Cl)c1NC(C)c1ccccc1. The van der Waals surface area contributed by atoms with Crippen LogP contribution in [0.5, 0.6) is 0 Å². The first-order chi connectivity index (χ1) is 8.18. The van der Waals surface area contributed by atoms with Crippen LogP contribution in [0, 0.1) is 6.92 Å².